The Hall–Kier alpha value is -2.56. The van der Waals surface area contributed by atoms with Crippen LogP contribution in [0.4, 0.5) is 5.95 Å². The number of aromatic amines is 2. The van der Waals surface area contributed by atoms with Gasteiger partial charge < -0.3 is 10.3 Å². The van der Waals surface area contributed by atoms with Gasteiger partial charge in [0.15, 0.2) is 0 Å². The molecule has 0 bridgehead atoms. The van der Waals surface area contributed by atoms with Gasteiger partial charge in [-0.05, 0) is 37.8 Å². The van der Waals surface area contributed by atoms with Gasteiger partial charge in [0, 0.05) is 17.5 Å². The minimum atomic E-state index is 0.821. The summed E-state index contributed by atoms with van der Waals surface area (Å²) in [5, 5.41) is 11.5. The Morgan fingerprint density at radius 3 is 3.04 bits per heavy atom. The smallest absolute Gasteiger partial charge is 0.200 e. The van der Waals surface area contributed by atoms with Crippen molar-refractivity contribution in [1.82, 2.24) is 20.2 Å². The molecule has 2 heterocycles. The Balaban J connectivity index is 1.54. The zero-order valence-corrected chi connectivity index (χ0v) is 13.5. The van der Waals surface area contributed by atoms with Crippen molar-refractivity contribution in [3.8, 4) is 11.3 Å². The summed E-state index contributed by atoms with van der Waals surface area (Å²) in [6, 6.07) is 6.20. The number of fused-ring (bicyclic) bond motifs is 1. The maximum atomic E-state index is 4.40. The van der Waals surface area contributed by atoms with E-state index < -0.39 is 0 Å². The molecular formula is C18H23N5. The monoisotopic (exact) mass is 309 g/mol. The highest BCUT2D eigenvalue weighted by Crippen LogP contribution is 2.22. The molecule has 3 aromatic rings. The average Bonchev–Trinajstić information content (AvgIpc) is 3.22. The first kappa shape index (κ1) is 15.3. The summed E-state index contributed by atoms with van der Waals surface area (Å²) in [6.45, 7) is 7.12. The molecular weight excluding hydrogens is 286 g/mol. The Kier molecular flexibility index (Phi) is 4.76. The molecule has 3 N–H and O–H groups in total. The van der Waals surface area contributed by atoms with E-state index in [9.17, 15) is 0 Å². The van der Waals surface area contributed by atoms with E-state index in [1.54, 1.807) is 0 Å². The lowest BCUT2D eigenvalue weighted by atomic mass is 10.1. The molecule has 0 radical (unpaired) electrons. The number of imidazole rings is 1. The first-order valence-electron chi connectivity index (χ1n) is 8.15. The van der Waals surface area contributed by atoms with Crippen molar-refractivity contribution in [1.29, 1.82) is 0 Å². The Labute approximate surface area is 136 Å². The van der Waals surface area contributed by atoms with Crippen LogP contribution >= 0.6 is 0 Å². The highest BCUT2D eigenvalue weighted by atomic mass is 15.1. The maximum Gasteiger partial charge on any atom is 0.200 e. The van der Waals surface area contributed by atoms with Crippen LogP contribution in [-0.2, 0) is 0 Å². The molecule has 0 fully saturated rings. The predicted molar refractivity (Wildman–Crippen MR) is 95.4 cm³/mol. The molecule has 1 aromatic carbocycles. The van der Waals surface area contributed by atoms with E-state index in [-0.39, 0.29) is 0 Å². The van der Waals surface area contributed by atoms with Crippen LogP contribution in [0.2, 0.25) is 0 Å². The quantitative estimate of drug-likeness (QED) is 0.424. The van der Waals surface area contributed by atoms with Gasteiger partial charge in [0.05, 0.1) is 23.6 Å². The van der Waals surface area contributed by atoms with Crippen molar-refractivity contribution < 1.29 is 0 Å². The first-order chi connectivity index (χ1) is 11.3. The van der Waals surface area contributed by atoms with Gasteiger partial charge in [-0.1, -0.05) is 25.1 Å². The number of hydrogen-bond donors (Lipinski definition) is 3. The second-order valence-electron chi connectivity index (χ2n) is 5.80. The fourth-order valence-corrected chi connectivity index (χ4v) is 2.55. The van der Waals surface area contributed by atoms with Crippen molar-refractivity contribution in [2.24, 2.45) is 0 Å². The van der Waals surface area contributed by atoms with Crippen molar-refractivity contribution >= 4 is 16.9 Å². The summed E-state index contributed by atoms with van der Waals surface area (Å²) in [4.78, 5) is 7.73. The Morgan fingerprint density at radius 1 is 1.26 bits per heavy atom. The number of benzene rings is 1. The number of aromatic nitrogens is 4. The van der Waals surface area contributed by atoms with Crippen LogP contribution in [0.25, 0.3) is 22.2 Å². The third kappa shape index (κ3) is 3.80. The molecule has 0 aliphatic heterocycles. The molecule has 5 heteroatoms. The molecule has 0 aliphatic rings. The third-order valence-electron chi connectivity index (χ3n) is 4.08. The number of anilines is 1. The van der Waals surface area contributed by atoms with Gasteiger partial charge >= 0.3 is 0 Å². The summed E-state index contributed by atoms with van der Waals surface area (Å²) in [5.41, 5.74) is 4.49. The number of unbranched alkanes of at least 4 members (excludes halogenated alkanes) is 1. The molecule has 0 saturated carbocycles. The largest absolute Gasteiger partial charge is 0.356 e. The second kappa shape index (κ2) is 7.13. The van der Waals surface area contributed by atoms with Gasteiger partial charge in [-0.15, -0.1) is 0 Å². The highest BCUT2D eigenvalue weighted by Gasteiger charge is 2.05. The molecule has 3 rings (SSSR count). The molecule has 0 atom stereocenters. The lowest BCUT2D eigenvalue weighted by Gasteiger charge is -2.04. The molecule has 5 nitrogen and oxygen atoms in total. The van der Waals surface area contributed by atoms with Gasteiger partial charge in [0.1, 0.15) is 0 Å². The number of H-pyrrole nitrogens is 2. The minimum Gasteiger partial charge on any atom is -0.356 e. The van der Waals surface area contributed by atoms with Crippen LogP contribution in [0.15, 0.2) is 42.7 Å². The number of rotatable bonds is 8. The van der Waals surface area contributed by atoms with Gasteiger partial charge in [0.25, 0.3) is 0 Å². The molecule has 0 aliphatic carbocycles. The maximum absolute atomic E-state index is 4.40. The number of hydrogen-bond acceptors (Lipinski definition) is 3. The van der Waals surface area contributed by atoms with E-state index in [1.165, 1.54) is 12.0 Å². The molecule has 23 heavy (non-hydrogen) atoms. The fourth-order valence-electron chi connectivity index (χ4n) is 2.55. The second-order valence-corrected chi connectivity index (χ2v) is 5.80. The van der Waals surface area contributed by atoms with E-state index in [0.29, 0.717) is 0 Å². The molecule has 120 valence electrons. The summed E-state index contributed by atoms with van der Waals surface area (Å²) in [5.74, 6) is 0.821. The Bertz CT molecular complexity index is 783. The third-order valence-corrected chi connectivity index (χ3v) is 4.08. The zero-order valence-electron chi connectivity index (χ0n) is 13.5. The first-order valence-corrected chi connectivity index (χ1v) is 8.15. The average molecular weight is 309 g/mol. The lowest BCUT2D eigenvalue weighted by molar-refractivity contribution is 0.741. The van der Waals surface area contributed by atoms with Crippen LogP contribution < -0.4 is 5.32 Å². The fraction of sp³-hybridized carbons (Fsp3) is 0.333. The molecule has 0 unspecified atom stereocenters. The highest BCUT2D eigenvalue weighted by molar-refractivity contribution is 5.83. The lowest BCUT2D eigenvalue weighted by Crippen LogP contribution is -2.02. The normalized spacial score (nSPS) is 11.0. The van der Waals surface area contributed by atoms with E-state index in [2.05, 4.69) is 51.1 Å². The van der Waals surface area contributed by atoms with E-state index >= 15 is 0 Å². The Morgan fingerprint density at radius 2 is 2.17 bits per heavy atom. The van der Waals surface area contributed by atoms with Crippen LogP contribution in [0.1, 0.15) is 32.6 Å². The van der Waals surface area contributed by atoms with Gasteiger partial charge in [-0.25, -0.2) is 4.98 Å². The van der Waals surface area contributed by atoms with E-state index in [1.807, 2.05) is 18.5 Å². The minimum absolute atomic E-state index is 0.821. The summed E-state index contributed by atoms with van der Waals surface area (Å²) < 4.78 is 0. The van der Waals surface area contributed by atoms with Crippen molar-refractivity contribution in [3.63, 3.8) is 0 Å². The van der Waals surface area contributed by atoms with E-state index in [4.69, 9.17) is 0 Å². The number of nitrogens with zero attached hydrogens (tertiary/aromatic N) is 2. The molecule has 2 aromatic heterocycles. The SMILES string of the molecule is C=C(CC)CCCCNc1ncc(-c2ccc3[nH]ncc3c2)[nH]1. The van der Waals surface area contributed by atoms with Gasteiger partial charge in [-0.3, -0.25) is 5.10 Å². The van der Waals surface area contributed by atoms with Gasteiger partial charge in [-0.2, -0.15) is 5.10 Å². The predicted octanol–water partition coefficient (Wildman–Crippen LogP) is 4.50. The zero-order chi connectivity index (χ0) is 16.1. The van der Waals surface area contributed by atoms with Crippen molar-refractivity contribution in [3.05, 3.63) is 42.7 Å². The summed E-state index contributed by atoms with van der Waals surface area (Å²) in [7, 11) is 0. The van der Waals surface area contributed by atoms with Gasteiger partial charge in [0.2, 0.25) is 5.95 Å². The van der Waals surface area contributed by atoms with Crippen LogP contribution in [0.3, 0.4) is 0 Å². The molecule has 0 amide bonds. The molecule has 0 saturated heterocycles. The van der Waals surface area contributed by atoms with E-state index in [0.717, 1.165) is 53.9 Å². The van der Waals surface area contributed by atoms with Crippen LogP contribution in [-0.4, -0.2) is 26.7 Å². The molecule has 0 spiro atoms. The number of allylic oxidation sites excluding steroid dienone is 1. The summed E-state index contributed by atoms with van der Waals surface area (Å²) in [6.07, 6.45) is 8.18. The standard InChI is InChI=1S/C18H23N5/c1-3-13(2)6-4-5-9-19-18-20-12-17(22-18)14-7-8-16-15(10-14)11-21-23-16/h7-8,10-12H,2-6,9H2,1H3,(H,21,23)(H2,19,20,22). The number of nitrogens with one attached hydrogen (secondary N) is 3. The van der Waals surface area contributed by atoms with Crippen molar-refractivity contribution in [2.75, 3.05) is 11.9 Å². The van der Waals surface area contributed by atoms with Crippen LogP contribution in [0, 0.1) is 0 Å². The van der Waals surface area contributed by atoms with Crippen molar-refractivity contribution in [2.45, 2.75) is 32.6 Å². The topological polar surface area (TPSA) is 69.4 Å². The van der Waals surface area contributed by atoms with Crippen LogP contribution in [0.5, 0.6) is 0 Å². The summed E-state index contributed by atoms with van der Waals surface area (Å²) >= 11 is 0.